The number of amides is 1. The summed E-state index contributed by atoms with van der Waals surface area (Å²) in [6.45, 7) is 4.71. The number of hydrogen-bond donors (Lipinski definition) is 1. The molecule has 0 spiro atoms. The fraction of sp³-hybridized carbons (Fsp3) is 0.467. The lowest BCUT2D eigenvalue weighted by Gasteiger charge is -2.22. The highest BCUT2D eigenvalue weighted by Crippen LogP contribution is 2.20. The number of carbonyl (C=O) groups excluding carboxylic acids is 1. The van der Waals surface area contributed by atoms with Crippen LogP contribution in [0.3, 0.4) is 0 Å². The minimum Gasteiger partial charge on any atom is -0.342 e. The van der Waals surface area contributed by atoms with Gasteiger partial charge >= 0.3 is 0 Å². The Kier molecular flexibility index (Phi) is 7.59. The second-order valence-electron chi connectivity index (χ2n) is 5.84. The van der Waals surface area contributed by atoms with Gasteiger partial charge < -0.3 is 10.6 Å². The van der Waals surface area contributed by atoms with Crippen molar-refractivity contribution in [3.8, 4) is 5.69 Å². The Balaban J connectivity index is 0.00000288. The summed E-state index contributed by atoms with van der Waals surface area (Å²) in [5.41, 5.74) is 7.08. The van der Waals surface area contributed by atoms with Crippen LogP contribution in [0, 0.1) is 5.92 Å². The molecule has 2 N–H and O–H groups in total. The van der Waals surface area contributed by atoms with Crippen LogP contribution in [-0.4, -0.2) is 50.6 Å². The lowest BCUT2D eigenvalue weighted by molar-refractivity contribution is 0.0789. The fourth-order valence-corrected chi connectivity index (χ4v) is 2.31. The predicted octanol–water partition coefficient (Wildman–Crippen LogP) is 2.18. The zero-order valence-electron chi connectivity index (χ0n) is 13.9. The molecule has 0 fully saturated rings. The van der Waals surface area contributed by atoms with Crippen molar-refractivity contribution in [2.75, 3.05) is 13.6 Å². The summed E-state index contributed by atoms with van der Waals surface area (Å²) in [5, 5.41) is 11.5. The van der Waals surface area contributed by atoms with Crippen molar-refractivity contribution in [2.24, 2.45) is 11.7 Å². The van der Waals surface area contributed by atoms with E-state index in [4.69, 9.17) is 17.3 Å². The normalized spacial score (nSPS) is 11.9. The molecule has 0 bridgehead atoms. The van der Waals surface area contributed by atoms with Crippen molar-refractivity contribution in [1.82, 2.24) is 25.1 Å². The van der Waals surface area contributed by atoms with Crippen LogP contribution in [0.4, 0.5) is 0 Å². The molecule has 1 heterocycles. The maximum Gasteiger partial charge on any atom is 0.255 e. The van der Waals surface area contributed by atoms with Crippen LogP contribution < -0.4 is 5.73 Å². The topological polar surface area (TPSA) is 89.9 Å². The number of benzene rings is 1. The summed E-state index contributed by atoms with van der Waals surface area (Å²) >= 11 is 6.04. The third kappa shape index (κ3) is 4.90. The Labute approximate surface area is 152 Å². The number of halogens is 2. The monoisotopic (exact) mass is 372 g/mol. The molecule has 0 saturated heterocycles. The number of rotatable bonds is 6. The molecule has 0 aliphatic heterocycles. The van der Waals surface area contributed by atoms with Gasteiger partial charge in [-0.15, -0.1) is 17.5 Å². The molecule has 0 saturated carbocycles. The summed E-state index contributed by atoms with van der Waals surface area (Å²) in [6, 6.07) is 5.10. The highest BCUT2D eigenvalue weighted by atomic mass is 35.5. The van der Waals surface area contributed by atoms with E-state index in [9.17, 15) is 4.79 Å². The third-order valence-electron chi connectivity index (χ3n) is 3.79. The van der Waals surface area contributed by atoms with Gasteiger partial charge in [-0.05, 0) is 41.0 Å². The van der Waals surface area contributed by atoms with Gasteiger partial charge in [0.1, 0.15) is 6.33 Å². The third-order valence-corrected chi connectivity index (χ3v) is 4.02. The van der Waals surface area contributed by atoms with Gasteiger partial charge in [0.25, 0.3) is 5.91 Å². The van der Waals surface area contributed by atoms with E-state index in [1.54, 1.807) is 30.1 Å². The van der Waals surface area contributed by atoms with E-state index < -0.39 is 0 Å². The van der Waals surface area contributed by atoms with E-state index in [-0.39, 0.29) is 24.4 Å². The second-order valence-corrected chi connectivity index (χ2v) is 6.28. The molecule has 0 aliphatic rings. The van der Waals surface area contributed by atoms with Crippen LogP contribution in [0.2, 0.25) is 5.02 Å². The molecule has 2 aromatic rings. The fourth-order valence-electron chi connectivity index (χ4n) is 2.13. The summed E-state index contributed by atoms with van der Waals surface area (Å²) in [4.78, 5) is 14.4. The molecule has 2 rings (SSSR count). The maximum absolute atomic E-state index is 12.7. The minimum absolute atomic E-state index is 0. The minimum atomic E-state index is -0.144. The molecule has 24 heavy (non-hydrogen) atoms. The van der Waals surface area contributed by atoms with Crippen LogP contribution in [0.25, 0.3) is 5.69 Å². The molecule has 1 unspecified atom stereocenters. The Bertz CT molecular complexity index is 662. The first-order valence-electron chi connectivity index (χ1n) is 7.44. The zero-order valence-corrected chi connectivity index (χ0v) is 15.5. The Morgan fingerprint density at radius 3 is 2.71 bits per heavy atom. The van der Waals surface area contributed by atoms with Gasteiger partial charge in [0.2, 0.25) is 0 Å². The van der Waals surface area contributed by atoms with E-state index >= 15 is 0 Å². The second kappa shape index (κ2) is 8.96. The van der Waals surface area contributed by atoms with Gasteiger partial charge in [0, 0.05) is 24.7 Å². The molecule has 0 aliphatic carbocycles. The highest BCUT2D eigenvalue weighted by molar-refractivity contribution is 6.31. The van der Waals surface area contributed by atoms with Crippen LogP contribution >= 0.6 is 24.0 Å². The van der Waals surface area contributed by atoms with Crippen LogP contribution in [0.5, 0.6) is 0 Å². The molecule has 9 heteroatoms. The van der Waals surface area contributed by atoms with Crippen molar-refractivity contribution in [3.63, 3.8) is 0 Å². The molecule has 0 radical (unpaired) electrons. The van der Waals surface area contributed by atoms with Crippen molar-refractivity contribution in [3.05, 3.63) is 35.1 Å². The molecule has 1 aromatic carbocycles. The lowest BCUT2D eigenvalue weighted by Crippen LogP contribution is -2.35. The smallest absolute Gasteiger partial charge is 0.255 e. The van der Waals surface area contributed by atoms with E-state index in [2.05, 4.69) is 29.4 Å². The summed E-state index contributed by atoms with van der Waals surface area (Å²) < 4.78 is 1.44. The summed E-state index contributed by atoms with van der Waals surface area (Å²) in [7, 11) is 1.75. The van der Waals surface area contributed by atoms with Crippen molar-refractivity contribution in [2.45, 2.75) is 26.3 Å². The Morgan fingerprint density at radius 1 is 1.42 bits per heavy atom. The Hall–Kier alpha value is -1.70. The first-order chi connectivity index (χ1) is 10.9. The molecular weight excluding hydrogens is 351 g/mol. The first-order valence-corrected chi connectivity index (χ1v) is 7.82. The maximum atomic E-state index is 12.7. The summed E-state index contributed by atoms with van der Waals surface area (Å²) in [5.74, 6) is 0.232. The van der Waals surface area contributed by atoms with E-state index in [0.717, 1.165) is 6.42 Å². The van der Waals surface area contributed by atoms with Gasteiger partial charge in [-0.25, -0.2) is 0 Å². The molecular formula is C15H22Cl2N6O. The zero-order chi connectivity index (χ0) is 17.0. The number of tetrazole rings is 1. The predicted molar refractivity (Wildman–Crippen MR) is 95.8 cm³/mol. The molecule has 7 nitrogen and oxygen atoms in total. The SMILES string of the molecule is CC(C)C(N)CCN(C)C(=O)c1cc(Cl)ccc1-n1cnnn1.Cl. The van der Waals surface area contributed by atoms with Gasteiger partial charge in [-0.1, -0.05) is 25.4 Å². The summed E-state index contributed by atoms with van der Waals surface area (Å²) in [6.07, 6.45) is 2.18. The van der Waals surface area contributed by atoms with Crippen molar-refractivity contribution < 1.29 is 4.79 Å². The number of hydrogen-bond acceptors (Lipinski definition) is 5. The average molecular weight is 373 g/mol. The van der Waals surface area contributed by atoms with Gasteiger partial charge in [-0.3, -0.25) is 4.79 Å². The van der Waals surface area contributed by atoms with Gasteiger partial charge in [-0.2, -0.15) is 4.68 Å². The van der Waals surface area contributed by atoms with Crippen LogP contribution in [0.1, 0.15) is 30.6 Å². The Morgan fingerprint density at radius 2 is 2.12 bits per heavy atom. The highest BCUT2D eigenvalue weighted by Gasteiger charge is 2.19. The molecule has 1 amide bonds. The van der Waals surface area contributed by atoms with Gasteiger partial charge in [0.15, 0.2) is 0 Å². The number of nitrogens with two attached hydrogens (primary N) is 1. The first kappa shape index (κ1) is 20.3. The standard InChI is InChI=1S/C15H21ClN6O.ClH/c1-10(2)13(17)6-7-21(3)15(23)12-8-11(16)4-5-14(12)22-9-18-19-20-22;/h4-5,8-10,13H,6-7,17H2,1-3H3;1H. The molecule has 1 aromatic heterocycles. The van der Waals surface area contributed by atoms with E-state index in [0.29, 0.717) is 28.7 Å². The molecule has 1 atom stereocenters. The lowest BCUT2D eigenvalue weighted by atomic mass is 10.0. The average Bonchev–Trinajstić information content (AvgIpc) is 3.05. The van der Waals surface area contributed by atoms with E-state index in [1.807, 2.05) is 0 Å². The van der Waals surface area contributed by atoms with Crippen molar-refractivity contribution in [1.29, 1.82) is 0 Å². The number of aromatic nitrogens is 4. The number of nitrogens with zero attached hydrogens (tertiary/aromatic N) is 5. The largest absolute Gasteiger partial charge is 0.342 e. The number of carbonyl (C=O) groups is 1. The van der Waals surface area contributed by atoms with Gasteiger partial charge in [0.05, 0.1) is 11.3 Å². The quantitative estimate of drug-likeness (QED) is 0.838. The van der Waals surface area contributed by atoms with E-state index in [1.165, 1.54) is 11.0 Å². The van der Waals surface area contributed by atoms with Crippen LogP contribution in [-0.2, 0) is 0 Å². The molecule has 132 valence electrons. The van der Waals surface area contributed by atoms with Crippen LogP contribution in [0.15, 0.2) is 24.5 Å². The van der Waals surface area contributed by atoms with Crippen molar-refractivity contribution >= 4 is 29.9 Å².